The van der Waals surface area contributed by atoms with Gasteiger partial charge in [0.15, 0.2) is 5.41 Å². The van der Waals surface area contributed by atoms with E-state index in [0.717, 1.165) is 22.3 Å². The Kier molecular flexibility index (Phi) is 3.08. The molecule has 8 nitrogen and oxygen atoms in total. The number of carbonyl (C=O) groups excluding carboxylic acids is 3. The molecule has 5 rings (SSSR count). The van der Waals surface area contributed by atoms with Crippen LogP contribution in [0.2, 0.25) is 0 Å². The van der Waals surface area contributed by atoms with E-state index in [2.05, 4.69) is 10.6 Å². The lowest BCUT2D eigenvalue weighted by Gasteiger charge is -2.51. The van der Waals surface area contributed by atoms with Crippen LogP contribution in [-0.2, 0) is 20.7 Å². The molecular weight excluding hydrogens is 336 g/mol. The molecule has 1 aromatic heterocycles. The molecule has 3 aliphatic rings. The highest BCUT2D eigenvalue weighted by atomic mass is 16.5. The van der Waals surface area contributed by atoms with E-state index in [4.69, 9.17) is 9.72 Å². The van der Waals surface area contributed by atoms with Crippen molar-refractivity contribution in [3.8, 4) is 0 Å². The number of nitrogens with one attached hydrogen (secondary N) is 2. The summed E-state index contributed by atoms with van der Waals surface area (Å²) >= 11 is 0. The summed E-state index contributed by atoms with van der Waals surface area (Å²) in [6.45, 7) is 1.24. The maximum atomic E-state index is 12.8. The minimum atomic E-state index is -1.41. The zero-order valence-corrected chi connectivity index (χ0v) is 13.8. The topological polar surface area (TPSA) is 101 Å². The van der Waals surface area contributed by atoms with E-state index in [1.165, 1.54) is 0 Å². The third-order valence-corrected chi connectivity index (χ3v) is 5.48. The lowest BCUT2D eigenvalue weighted by Crippen LogP contribution is -2.73. The Morgan fingerprint density at radius 2 is 1.92 bits per heavy atom. The number of benzene rings is 1. The molecule has 4 amide bonds. The summed E-state index contributed by atoms with van der Waals surface area (Å²) in [7, 11) is 0. The van der Waals surface area contributed by atoms with Crippen LogP contribution in [0, 0.1) is 5.41 Å². The number of carbonyl (C=O) groups is 3. The highest BCUT2D eigenvalue weighted by Crippen LogP contribution is 2.44. The second-order valence-electron chi connectivity index (χ2n) is 6.83. The predicted octanol–water partition coefficient (Wildman–Crippen LogP) is 0.348. The molecule has 0 unspecified atom stereocenters. The molecule has 0 aliphatic carbocycles. The molecule has 1 spiro atoms. The third kappa shape index (κ3) is 1.93. The molecule has 0 bridgehead atoms. The van der Waals surface area contributed by atoms with Gasteiger partial charge in [-0.1, -0.05) is 18.2 Å². The predicted molar refractivity (Wildman–Crippen MR) is 91.5 cm³/mol. The van der Waals surface area contributed by atoms with E-state index in [9.17, 15) is 14.4 Å². The van der Waals surface area contributed by atoms with Gasteiger partial charge in [-0.05, 0) is 17.7 Å². The van der Waals surface area contributed by atoms with Crippen molar-refractivity contribution in [3.05, 3.63) is 35.9 Å². The number of rotatable bonds is 0. The fraction of sp³-hybridized carbons (Fsp3) is 0.333. The molecule has 0 saturated carbocycles. The molecule has 0 radical (unpaired) electrons. The van der Waals surface area contributed by atoms with Crippen LogP contribution in [0.1, 0.15) is 5.56 Å². The normalized spacial score (nSPS) is 24.1. The zero-order valence-electron chi connectivity index (χ0n) is 13.8. The second kappa shape index (κ2) is 5.25. The Morgan fingerprint density at radius 1 is 1.15 bits per heavy atom. The van der Waals surface area contributed by atoms with Crippen molar-refractivity contribution in [2.24, 2.45) is 5.41 Å². The van der Waals surface area contributed by atoms with Gasteiger partial charge in [0.25, 0.3) is 0 Å². The number of fused-ring (bicyclic) bond motifs is 5. The molecule has 2 saturated heterocycles. The Morgan fingerprint density at radius 3 is 2.73 bits per heavy atom. The van der Waals surface area contributed by atoms with Crippen molar-refractivity contribution in [2.45, 2.75) is 12.5 Å². The van der Waals surface area contributed by atoms with Gasteiger partial charge in [-0.3, -0.25) is 20.2 Å². The van der Waals surface area contributed by atoms with Crippen molar-refractivity contribution < 1.29 is 19.1 Å². The minimum Gasteiger partial charge on any atom is -0.377 e. The molecule has 8 heteroatoms. The fourth-order valence-electron chi connectivity index (χ4n) is 4.24. The van der Waals surface area contributed by atoms with Gasteiger partial charge in [-0.15, -0.1) is 0 Å². The number of para-hydroxylation sites is 1. The maximum Gasteiger partial charge on any atom is 0.328 e. The quantitative estimate of drug-likeness (QED) is 0.664. The molecule has 2 N–H and O–H groups in total. The van der Waals surface area contributed by atoms with E-state index in [1.54, 1.807) is 0 Å². The van der Waals surface area contributed by atoms with Crippen LogP contribution < -0.4 is 15.5 Å². The first kappa shape index (κ1) is 15.3. The Bertz CT molecular complexity index is 953. The van der Waals surface area contributed by atoms with E-state index in [1.807, 2.05) is 35.2 Å². The van der Waals surface area contributed by atoms with Gasteiger partial charge in [0.2, 0.25) is 11.8 Å². The smallest absolute Gasteiger partial charge is 0.328 e. The second-order valence-corrected chi connectivity index (χ2v) is 6.83. The third-order valence-electron chi connectivity index (χ3n) is 5.48. The Hall–Kier alpha value is -3.00. The van der Waals surface area contributed by atoms with E-state index in [-0.39, 0.29) is 13.0 Å². The van der Waals surface area contributed by atoms with Gasteiger partial charge in [-0.2, -0.15) is 0 Å². The SMILES string of the molecule is O=C1NC(=O)C2(Cc3cc4ccccc4nc3N3CCOC[C@H]32)C(=O)N1. The Balaban J connectivity index is 1.72. The van der Waals surface area contributed by atoms with Crippen LogP contribution in [0.15, 0.2) is 30.3 Å². The van der Waals surface area contributed by atoms with Gasteiger partial charge in [0, 0.05) is 18.4 Å². The lowest BCUT2D eigenvalue weighted by molar-refractivity contribution is -0.148. The molecule has 132 valence electrons. The summed E-state index contributed by atoms with van der Waals surface area (Å²) in [4.78, 5) is 44.0. The molecule has 3 aliphatic heterocycles. The van der Waals surface area contributed by atoms with Crippen LogP contribution in [0.5, 0.6) is 0 Å². The van der Waals surface area contributed by atoms with E-state index in [0.29, 0.717) is 13.2 Å². The van der Waals surface area contributed by atoms with Gasteiger partial charge in [-0.25, -0.2) is 9.78 Å². The number of ether oxygens (including phenoxy) is 1. The monoisotopic (exact) mass is 352 g/mol. The number of nitrogens with zero attached hydrogens (tertiary/aromatic N) is 2. The van der Waals surface area contributed by atoms with Crippen molar-refractivity contribution in [3.63, 3.8) is 0 Å². The number of urea groups is 1. The van der Waals surface area contributed by atoms with Crippen LogP contribution in [0.3, 0.4) is 0 Å². The van der Waals surface area contributed by atoms with Crippen molar-refractivity contribution in [1.82, 2.24) is 15.6 Å². The number of morpholine rings is 1. The molecule has 2 fully saturated rings. The molecule has 26 heavy (non-hydrogen) atoms. The number of aromatic nitrogens is 1. The summed E-state index contributed by atoms with van der Waals surface area (Å²) in [5.74, 6) is -0.378. The molecule has 4 heterocycles. The lowest BCUT2D eigenvalue weighted by atomic mass is 9.69. The van der Waals surface area contributed by atoms with Crippen LogP contribution in [0.25, 0.3) is 10.9 Å². The number of barbiturate groups is 1. The average molecular weight is 352 g/mol. The van der Waals surface area contributed by atoms with Crippen LogP contribution in [0.4, 0.5) is 10.6 Å². The van der Waals surface area contributed by atoms with Crippen LogP contribution >= 0.6 is 0 Å². The molecule has 1 aromatic carbocycles. The molecular formula is C18H16N4O4. The number of imide groups is 2. The summed E-state index contributed by atoms with van der Waals surface area (Å²) in [5, 5.41) is 5.46. The first-order chi connectivity index (χ1) is 12.6. The first-order valence-corrected chi connectivity index (χ1v) is 8.49. The fourth-order valence-corrected chi connectivity index (χ4v) is 4.24. The van der Waals surface area contributed by atoms with Crippen molar-refractivity contribution in [2.75, 3.05) is 24.7 Å². The van der Waals surface area contributed by atoms with Crippen molar-refractivity contribution in [1.29, 1.82) is 0 Å². The van der Waals surface area contributed by atoms with Crippen molar-refractivity contribution >= 4 is 34.6 Å². The van der Waals surface area contributed by atoms with Gasteiger partial charge in [0.1, 0.15) is 5.82 Å². The number of hydrogen-bond donors (Lipinski definition) is 2. The zero-order chi connectivity index (χ0) is 17.9. The minimum absolute atomic E-state index is 0.176. The summed E-state index contributed by atoms with van der Waals surface area (Å²) in [5.41, 5.74) is 0.271. The number of amides is 4. The molecule has 2 aromatic rings. The van der Waals surface area contributed by atoms with Crippen LogP contribution in [-0.4, -0.2) is 48.6 Å². The summed E-state index contributed by atoms with van der Waals surface area (Å²) < 4.78 is 5.58. The summed E-state index contributed by atoms with van der Waals surface area (Å²) in [6, 6.07) is 8.42. The maximum absolute atomic E-state index is 12.8. The largest absolute Gasteiger partial charge is 0.377 e. The summed E-state index contributed by atoms with van der Waals surface area (Å²) in [6.07, 6.45) is 0.176. The highest BCUT2D eigenvalue weighted by Gasteiger charge is 2.60. The van der Waals surface area contributed by atoms with E-state index >= 15 is 0 Å². The number of hydrogen-bond acceptors (Lipinski definition) is 6. The average Bonchev–Trinajstić information content (AvgIpc) is 2.64. The number of pyridine rings is 1. The van der Waals surface area contributed by atoms with Gasteiger partial charge in [0.05, 0.1) is 24.8 Å². The number of anilines is 1. The molecule has 1 atom stereocenters. The standard InChI is InChI=1S/C18H16N4O4/c23-15-18(16(24)21-17(25)20-15)8-11-7-10-3-1-2-4-12(10)19-14(11)22-5-6-26-9-13(18)22/h1-4,7,13H,5-6,8-9H2,(H2,20,21,23,24,25)/t13-/m0/s1. The highest BCUT2D eigenvalue weighted by molar-refractivity contribution is 6.20. The first-order valence-electron chi connectivity index (χ1n) is 8.49. The van der Waals surface area contributed by atoms with Gasteiger partial charge < -0.3 is 9.64 Å². The van der Waals surface area contributed by atoms with E-state index < -0.39 is 29.3 Å². The van der Waals surface area contributed by atoms with Gasteiger partial charge >= 0.3 is 6.03 Å². The Labute approximate surface area is 148 Å².